The van der Waals surface area contributed by atoms with Gasteiger partial charge in [0.2, 0.25) is 0 Å². The number of methoxy groups -OCH3 is 2. The van der Waals surface area contributed by atoms with E-state index in [-0.39, 0.29) is 11.8 Å². The fourth-order valence-corrected chi connectivity index (χ4v) is 3.62. The third-order valence-electron chi connectivity index (χ3n) is 5.04. The van der Waals surface area contributed by atoms with Crippen molar-refractivity contribution in [1.82, 2.24) is 4.90 Å². The summed E-state index contributed by atoms with van der Waals surface area (Å²) in [6.07, 6.45) is 0. The van der Waals surface area contributed by atoms with Gasteiger partial charge >= 0.3 is 0 Å². The van der Waals surface area contributed by atoms with Crippen molar-refractivity contribution in [2.75, 3.05) is 45.4 Å². The summed E-state index contributed by atoms with van der Waals surface area (Å²) in [5, 5.41) is 0. The molecule has 0 saturated carbocycles. The van der Waals surface area contributed by atoms with Crippen LogP contribution < -0.4 is 14.4 Å². The zero-order valence-electron chi connectivity index (χ0n) is 16.4. The number of hydrogen-bond acceptors (Lipinski definition) is 6. The van der Waals surface area contributed by atoms with Crippen LogP contribution in [0.15, 0.2) is 54.2 Å². The number of amides is 2. The lowest BCUT2D eigenvalue weighted by Gasteiger charge is -2.29. The van der Waals surface area contributed by atoms with E-state index in [4.69, 9.17) is 14.2 Å². The van der Waals surface area contributed by atoms with Gasteiger partial charge in [0, 0.05) is 31.3 Å². The molecular weight excluding hydrogens is 372 g/mol. The Morgan fingerprint density at radius 2 is 1.48 bits per heavy atom. The summed E-state index contributed by atoms with van der Waals surface area (Å²) in [7, 11) is 3.05. The van der Waals surface area contributed by atoms with Gasteiger partial charge in [0.05, 0.1) is 38.7 Å². The van der Waals surface area contributed by atoms with Crippen LogP contribution in [0, 0.1) is 0 Å². The maximum atomic E-state index is 13.5. The van der Waals surface area contributed by atoms with Gasteiger partial charge in [-0.25, -0.2) is 4.90 Å². The van der Waals surface area contributed by atoms with Crippen LogP contribution in [0.3, 0.4) is 0 Å². The molecule has 0 spiro atoms. The number of benzene rings is 2. The molecule has 0 aliphatic carbocycles. The number of carbonyl (C=O) groups excluding carboxylic acids is 2. The molecule has 0 N–H and O–H groups in total. The fourth-order valence-electron chi connectivity index (χ4n) is 3.62. The Morgan fingerprint density at radius 3 is 2.07 bits per heavy atom. The standard InChI is InChI=1S/C22H22N2O5/c1-27-17-12-16(13-18(14-17)28-2)24-21(25)19(15-6-4-3-5-7-15)20(22(24)26)23-8-10-29-11-9-23/h3-7,12-14H,8-11H2,1-2H3. The smallest absolute Gasteiger partial charge is 0.282 e. The second-order valence-electron chi connectivity index (χ2n) is 6.71. The van der Waals surface area contributed by atoms with Crippen molar-refractivity contribution in [1.29, 1.82) is 0 Å². The Morgan fingerprint density at radius 1 is 0.862 bits per heavy atom. The average Bonchev–Trinajstić information content (AvgIpc) is 3.04. The molecule has 0 atom stereocenters. The Hall–Kier alpha value is -3.32. The van der Waals surface area contributed by atoms with Crippen molar-refractivity contribution in [2.24, 2.45) is 0 Å². The number of ether oxygens (including phenoxy) is 3. The maximum absolute atomic E-state index is 13.5. The second-order valence-corrected chi connectivity index (χ2v) is 6.71. The largest absolute Gasteiger partial charge is 0.497 e. The topological polar surface area (TPSA) is 68.3 Å². The van der Waals surface area contributed by atoms with E-state index in [1.165, 1.54) is 19.1 Å². The molecule has 0 unspecified atom stereocenters. The van der Waals surface area contributed by atoms with Gasteiger partial charge < -0.3 is 19.1 Å². The molecule has 0 aromatic heterocycles. The summed E-state index contributed by atoms with van der Waals surface area (Å²) in [4.78, 5) is 30.1. The molecule has 150 valence electrons. The van der Waals surface area contributed by atoms with Crippen LogP contribution in [0.25, 0.3) is 5.57 Å². The van der Waals surface area contributed by atoms with Gasteiger partial charge in [0.15, 0.2) is 0 Å². The molecule has 4 rings (SSSR count). The predicted molar refractivity (Wildman–Crippen MR) is 108 cm³/mol. The van der Waals surface area contributed by atoms with Crippen molar-refractivity contribution in [3.05, 3.63) is 59.8 Å². The number of imide groups is 1. The Kier molecular flexibility index (Phi) is 5.22. The highest BCUT2D eigenvalue weighted by molar-refractivity contribution is 6.45. The number of morpholine rings is 1. The Bertz CT molecular complexity index is 942. The Labute approximate surface area is 169 Å². The quantitative estimate of drug-likeness (QED) is 0.725. The molecule has 1 saturated heterocycles. The highest BCUT2D eigenvalue weighted by Crippen LogP contribution is 2.37. The van der Waals surface area contributed by atoms with E-state index in [0.717, 1.165) is 0 Å². The third-order valence-corrected chi connectivity index (χ3v) is 5.04. The summed E-state index contributed by atoms with van der Waals surface area (Å²) in [5.41, 5.74) is 1.93. The minimum Gasteiger partial charge on any atom is -0.497 e. The van der Waals surface area contributed by atoms with E-state index in [9.17, 15) is 9.59 Å². The molecule has 2 heterocycles. The van der Waals surface area contributed by atoms with Crippen LogP contribution >= 0.6 is 0 Å². The first-order valence-electron chi connectivity index (χ1n) is 9.38. The molecule has 1 fully saturated rings. The molecule has 29 heavy (non-hydrogen) atoms. The molecule has 2 aromatic rings. The molecule has 0 radical (unpaired) electrons. The lowest BCUT2D eigenvalue weighted by Crippen LogP contribution is -2.40. The van der Waals surface area contributed by atoms with Crippen molar-refractivity contribution in [2.45, 2.75) is 0 Å². The summed E-state index contributed by atoms with van der Waals surface area (Å²) in [6, 6.07) is 14.3. The number of carbonyl (C=O) groups is 2. The van der Waals surface area contributed by atoms with Crippen LogP contribution in [0.4, 0.5) is 5.69 Å². The Balaban J connectivity index is 1.82. The molecule has 7 heteroatoms. The summed E-state index contributed by atoms with van der Waals surface area (Å²) >= 11 is 0. The third kappa shape index (κ3) is 3.45. The zero-order valence-corrected chi connectivity index (χ0v) is 16.4. The van der Waals surface area contributed by atoms with Gasteiger partial charge in [-0.15, -0.1) is 0 Å². The second kappa shape index (κ2) is 7.97. The SMILES string of the molecule is COc1cc(OC)cc(N2C(=O)C(c3ccccc3)=C(N3CCOCC3)C2=O)c1. The summed E-state index contributed by atoms with van der Waals surface area (Å²) in [6.45, 7) is 2.14. The van der Waals surface area contributed by atoms with E-state index in [1.807, 2.05) is 35.2 Å². The van der Waals surface area contributed by atoms with Crippen molar-refractivity contribution < 1.29 is 23.8 Å². The van der Waals surface area contributed by atoms with Crippen LogP contribution in [0.2, 0.25) is 0 Å². The first kappa shape index (κ1) is 19.0. The molecule has 2 amide bonds. The van der Waals surface area contributed by atoms with Gasteiger partial charge in [-0.1, -0.05) is 30.3 Å². The van der Waals surface area contributed by atoms with Crippen molar-refractivity contribution in [3.63, 3.8) is 0 Å². The lowest BCUT2D eigenvalue weighted by molar-refractivity contribution is -0.121. The molecule has 2 aromatic carbocycles. The van der Waals surface area contributed by atoms with E-state index in [2.05, 4.69) is 0 Å². The zero-order chi connectivity index (χ0) is 20.4. The average molecular weight is 394 g/mol. The van der Waals surface area contributed by atoms with Crippen molar-refractivity contribution >= 4 is 23.1 Å². The van der Waals surface area contributed by atoms with Gasteiger partial charge in [-0.2, -0.15) is 0 Å². The van der Waals surface area contributed by atoms with Gasteiger partial charge in [-0.3, -0.25) is 9.59 Å². The highest BCUT2D eigenvalue weighted by Gasteiger charge is 2.43. The molecule has 2 aliphatic rings. The van der Waals surface area contributed by atoms with Gasteiger partial charge in [0.1, 0.15) is 17.2 Å². The molecule has 7 nitrogen and oxygen atoms in total. The maximum Gasteiger partial charge on any atom is 0.282 e. The fraction of sp³-hybridized carbons (Fsp3) is 0.273. The molecular formula is C22H22N2O5. The monoisotopic (exact) mass is 394 g/mol. The summed E-state index contributed by atoms with van der Waals surface area (Å²) < 4.78 is 16.1. The molecule has 0 bridgehead atoms. The van der Waals surface area contributed by atoms with Crippen molar-refractivity contribution in [3.8, 4) is 11.5 Å². The highest BCUT2D eigenvalue weighted by atomic mass is 16.5. The van der Waals surface area contributed by atoms with Gasteiger partial charge in [-0.05, 0) is 5.56 Å². The van der Waals surface area contributed by atoms with Crippen LogP contribution in [0.5, 0.6) is 11.5 Å². The summed E-state index contributed by atoms with van der Waals surface area (Å²) in [5.74, 6) is 0.283. The first-order chi connectivity index (χ1) is 14.1. The minimum atomic E-state index is -0.363. The lowest BCUT2D eigenvalue weighted by atomic mass is 10.0. The van der Waals surface area contributed by atoms with Gasteiger partial charge in [0.25, 0.3) is 11.8 Å². The number of hydrogen-bond donors (Lipinski definition) is 0. The number of anilines is 1. The predicted octanol–water partition coefficient (Wildman–Crippen LogP) is 2.32. The normalized spacial score (nSPS) is 17.2. The minimum absolute atomic E-state index is 0.356. The van der Waals surface area contributed by atoms with Crippen LogP contribution in [-0.2, 0) is 14.3 Å². The van der Waals surface area contributed by atoms with E-state index in [0.29, 0.717) is 60.3 Å². The number of nitrogens with zero attached hydrogens (tertiary/aromatic N) is 2. The van der Waals surface area contributed by atoms with Crippen LogP contribution in [0.1, 0.15) is 5.56 Å². The van der Waals surface area contributed by atoms with E-state index in [1.54, 1.807) is 18.2 Å². The molecule has 2 aliphatic heterocycles. The van der Waals surface area contributed by atoms with Crippen LogP contribution in [-0.4, -0.2) is 57.2 Å². The van der Waals surface area contributed by atoms with E-state index >= 15 is 0 Å². The van der Waals surface area contributed by atoms with E-state index < -0.39 is 0 Å². The first-order valence-corrected chi connectivity index (χ1v) is 9.38. The number of rotatable bonds is 5.